The number of nitrogens with zero attached hydrogens (tertiary/aromatic N) is 1. The molecule has 2 aliphatic carbocycles. The second kappa shape index (κ2) is 11.6. The van der Waals surface area contributed by atoms with Crippen LogP contribution in [0.4, 0.5) is 0 Å². The van der Waals surface area contributed by atoms with Gasteiger partial charge in [0.25, 0.3) is 0 Å². The van der Waals surface area contributed by atoms with Crippen LogP contribution in [0.3, 0.4) is 0 Å². The Hall–Kier alpha value is -0.366. The Kier molecular flexibility index (Phi) is 9.65. The van der Waals surface area contributed by atoms with E-state index in [1.54, 1.807) is 5.56 Å². The Morgan fingerprint density at radius 1 is 0.971 bits per heavy atom. The van der Waals surface area contributed by atoms with Crippen molar-refractivity contribution in [3.8, 4) is 0 Å². The van der Waals surface area contributed by atoms with E-state index >= 15 is 0 Å². The van der Waals surface area contributed by atoms with Gasteiger partial charge in [-0.3, -0.25) is 0 Å². The first kappa shape index (κ1) is 29.2. The molecular formula is C30H57NO2Si2. The van der Waals surface area contributed by atoms with E-state index in [-0.39, 0.29) is 11.1 Å². The number of fused-ring (bicyclic) bond motifs is 7. The molecule has 5 heteroatoms. The predicted octanol–water partition coefficient (Wildman–Crippen LogP) is 9.52. The van der Waals surface area contributed by atoms with E-state index in [0.717, 1.165) is 6.61 Å². The van der Waals surface area contributed by atoms with Crippen molar-refractivity contribution in [2.45, 2.75) is 149 Å². The van der Waals surface area contributed by atoms with Gasteiger partial charge >= 0.3 is 0 Å². The molecule has 0 aromatic carbocycles. The molecular weight excluding hydrogens is 463 g/mol. The third kappa shape index (κ3) is 7.14. The molecule has 0 unspecified atom stereocenters. The summed E-state index contributed by atoms with van der Waals surface area (Å²) in [7, 11) is -3.02. The van der Waals surface area contributed by atoms with E-state index < -0.39 is 16.4 Å². The summed E-state index contributed by atoms with van der Waals surface area (Å²) in [6, 6.07) is 3.81. The quantitative estimate of drug-likeness (QED) is 0.252. The van der Waals surface area contributed by atoms with Gasteiger partial charge < -0.3 is 13.7 Å². The molecule has 3 nitrogen and oxygen atoms in total. The topological polar surface area (TPSA) is 23.4 Å². The Bertz CT molecular complexity index is 816. The average molecular weight is 520 g/mol. The van der Waals surface area contributed by atoms with Crippen molar-refractivity contribution in [2.24, 2.45) is 11.8 Å². The Morgan fingerprint density at radius 2 is 1.60 bits per heavy atom. The minimum absolute atomic E-state index is 0.213. The molecule has 202 valence electrons. The molecule has 35 heavy (non-hydrogen) atoms. The number of ether oxygens (including phenoxy) is 1. The average Bonchev–Trinajstić information content (AvgIpc) is 3.20. The molecule has 1 aliphatic heterocycles. The third-order valence-corrected chi connectivity index (χ3v) is 15.3. The van der Waals surface area contributed by atoms with Crippen molar-refractivity contribution in [1.82, 2.24) is 4.57 Å². The Labute approximate surface area is 219 Å². The van der Waals surface area contributed by atoms with Gasteiger partial charge in [0.15, 0.2) is 8.32 Å². The van der Waals surface area contributed by atoms with Gasteiger partial charge in [-0.2, -0.15) is 0 Å². The number of aromatic nitrogens is 1. The van der Waals surface area contributed by atoms with Gasteiger partial charge in [-0.15, -0.1) is 0 Å². The van der Waals surface area contributed by atoms with Crippen LogP contribution in [0.25, 0.3) is 0 Å². The summed E-state index contributed by atoms with van der Waals surface area (Å²) in [5.41, 5.74) is 4.58. The maximum atomic E-state index is 7.39. The monoisotopic (exact) mass is 519 g/mol. The molecule has 4 rings (SSSR count). The molecule has 0 saturated carbocycles. The molecule has 3 aliphatic rings. The van der Waals surface area contributed by atoms with E-state index in [9.17, 15) is 0 Å². The van der Waals surface area contributed by atoms with Gasteiger partial charge in [0, 0.05) is 20.4 Å². The van der Waals surface area contributed by atoms with Crippen molar-refractivity contribution < 1.29 is 9.16 Å². The second-order valence-corrected chi connectivity index (χ2v) is 25.0. The SMILES string of the molecule is CC(C)[C@H]1c2cc3n(COCC[Si](C)(C)C)c2[C@H](O[Si](C)(C)C(C)(C)C)[C@@H]1CCCCCCCC3. The molecule has 1 aromatic rings. The van der Waals surface area contributed by atoms with Gasteiger partial charge in [-0.1, -0.05) is 86.4 Å². The lowest BCUT2D eigenvalue weighted by Crippen LogP contribution is -2.43. The van der Waals surface area contributed by atoms with Crippen LogP contribution in [0.2, 0.25) is 43.8 Å². The zero-order chi connectivity index (χ0) is 26.0. The van der Waals surface area contributed by atoms with Crippen molar-refractivity contribution in [3.05, 3.63) is 23.0 Å². The summed E-state index contributed by atoms with van der Waals surface area (Å²) >= 11 is 0. The molecule has 0 amide bonds. The molecule has 2 heterocycles. The van der Waals surface area contributed by atoms with Crippen molar-refractivity contribution >= 4 is 16.4 Å². The van der Waals surface area contributed by atoms with Crippen LogP contribution >= 0.6 is 0 Å². The minimum Gasteiger partial charge on any atom is -0.408 e. The van der Waals surface area contributed by atoms with Crippen LogP contribution in [-0.2, 0) is 22.3 Å². The summed E-state index contributed by atoms with van der Waals surface area (Å²) < 4.78 is 16.4. The van der Waals surface area contributed by atoms with Crippen molar-refractivity contribution in [1.29, 1.82) is 0 Å². The first-order valence-electron chi connectivity index (χ1n) is 14.7. The smallest absolute Gasteiger partial charge is 0.192 e. The highest BCUT2D eigenvalue weighted by Crippen LogP contribution is 2.56. The minimum atomic E-state index is -1.92. The Morgan fingerprint density at radius 3 is 2.20 bits per heavy atom. The number of rotatable bonds is 8. The van der Waals surface area contributed by atoms with Crippen molar-refractivity contribution in [2.75, 3.05) is 6.61 Å². The van der Waals surface area contributed by atoms with E-state index in [4.69, 9.17) is 9.16 Å². The lowest BCUT2D eigenvalue weighted by molar-refractivity contribution is 0.0638. The zero-order valence-corrected chi connectivity index (χ0v) is 26.9. The molecule has 4 bridgehead atoms. The van der Waals surface area contributed by atoms with E-state index in [0.29, 0.717) is 24.5 Å². The number of hydrogen-bond donors (Lipinski definition) is 0. The van der Waals surface area contributed by atoms with Gasteiger partial charge in [0.05, 0.1) is 11.8 Å². The molecule has 1 aromatic heterocycles. The predicted molar refractivity (Wildman–Crippen MR) is 157 cm³/mol. The fourth-order valence-electron chi connectivity index (χ4n) is 5.96. The molecule has 0 N–H and O–H groups in total. The van der Waals surface area contributed by atoms with Crippen LogP contribution < -0.4 is 0 Å². The molecule has 0 spiro atoms. The van der Waals surface area contributed by atoms with Crippen LogP contribution in [-0.4, -0.2) is 27.6 Å². The maximum Gasteiger partial charge on any atom is 0.192 e. The van der Waals surface area contributed by atoms with Crippen LogP contribution in [0.1, 0.15) is 109 Å². The van der Waals surface area contributed by atoms with Gasteiger partial charge in [0.1, 0.15) is 6.73 Å². The van der Waals surface area contributed by atoms with Gasteiger partial charge in [-0.25, -0.2) is 0 Å². The van der Waals surface area contributed by atoms with Crippen LogP contribution in [0, 0.1) is 11.8 Å². The highest BCUT2D eigenvalue weighted by atomic mass is 28.4. The lowest BCUT2D eigenvalue weighted by Gasteiger charge is -2.41. The molecule has 0 saturated heterocycles. The highest BCUT2D eigenvalue weighted by molar-refractivity contribution is 6.76. The van der Waals surface area contributed by atoms with Crippen molar-refractivity contribution in [3.63, 3.8) is 0 Å². The summed E-state index contributed by atoms with van der Waals surface area (Å²) in [6.07, 6.45) is 10.8. The van der Waals surface area contributed by atoms with Crippen LogP contribution in [0.5, 0.6) is 0 Å². The third-order valence-electron chi connectivity index (χ3n) is 9.12. The van der Waals surface area contributed by atoms with Gasteiger partial charge in [-0.05, 0) is 72.8 Å². The fraction of sp³-hybridized carbons (Fsp3) is 0.867. The largest absolute Gasteiger partial charge is 0.408 e. The summed E-state index contributed by atoms with van der Waals surface area (Å²) in [5.74, 6) is 1.83. The Balaban J connectivity index is 2.04. The molecule has 3 atom stereocenters. The molecule has 0 fully saturated rings. The van der Waals surface area contributed by atoms with E-state index in [2.05, 4.69) is 78.0 Å². The fourth-order valence-corrected chi connectivity index (χ4v) is 7.99. The standard InChI is InChI=1S/C30H57NO2Si2/c1-23(2)27-25-18-16-14-12-11-13-15-17-24-21-26(27)28(29(25)33-35(9,10)30(3,4)5)31(24)22-32-19-20-34(6,7)8/h21,23,25,27,29H,11-20,22H2,1-10H3/t25-,27-,29-/m1/s1. The number of hydrogen-bond acceptors (Lipinski definition) is 2. The second-order valence-electron chi connectivity index (χ2n) is 14.6. The summed E-state index contributed by atoms with van der Waals surface area (Å²) in [5, 5.41) is 0.213. The first-order chi connectivity index (χ1) is 16.2. The summed E-state index contributed by atoms with van der Waals surface area (Å²) in [6.45, 7) is 25.8. The highest BCUT2D eigenvalue weighted by Gasteiger charge is 2.49. The van der Waals surface area contributed by atoms with E-state index in [1.807, 2.05) is 0 Å². The normalized spacial score (nSPS) is 24.5. The molecule has 0 radical (unpaired) electrons. The number of aryl methyl sites for hydroxylation is 1. The first-order valence-corrected chi connectivity index (χ1v) is 21.3. The summed E-state index contributed by atoms with van der Waals surface area (Å²) in [4.78, 5) is 0. The zero-order valence-electron chi connectivity index (χ0n) is 24.9. The lowest BCUT2D eigenvalue weighted by atomic mass is 9.80. The van der Waals surface area contributed by atoms with Crippen LogP contribution in [0.15, 0.2) is 6.07 Å². The van der Waals surface area contributed by atoms with E-state index in [1.165, 1.54) is 68.8 Å². The maximum absolute atomic E-state index is 7.39. The van der Waals surface area contributed by atoms with Gasteiger partial charge in [0.2, 0.25) is 0 Å².